The SMILES string of the molecule is CCCCc1nc2cc(NC(N)=S)ccc2n1-c1ccc(-c2ccccc2C(=O)O)c(C)c1. The number of aromatic nitrogens is 2. The van der Waals surface area contributed by atoms with Crippen molar-refractivity contribution >= 4 is 40.0 Å². The van der Waals surface area contributed by atoms with Crippen molar-refractivity contribution in [1.82, 2.24) is 9.55 Å². The molecule has 0 atom stereocenters. The van der Waals surface area contributed by atoms with Gasteiger partial charge in [-0.3, -0.25) is 4.57 Å². The number of hydrogen-bond donors (Lipinski definition) is 3. The summed E-state index contributed by atoms with van der Waals surface area (Å²) in [6.45, 7) is 4.17. The first-order chi connectivity index (χ1) is 15.9. The van der Waals surface area contributed by atoms with Gasteiger partial charge < -0.3 is 16.2 Å². The van der Waals surface area contributed by atoms with Crippen LogP contribution in [0.3, 0.4) is 0 Å². The molecule has 0 saturated carbocycles. The van der Waals surface area contributed by atoms with Crippen LogP contribution in [0.5, 0.6) is 0 Å². The van der Waals surface area contributed by atoms with E-state index in [2.05, 4.69) is 22.9 Å². The first kappa shape index (κ1) is 22.5. The Labute approximate surface area is 198 Å². The number of nitrogens with zero attached hydrogens (tertiary/aromatic N) is 2. The predicted octanol–water partition coefficient (Wildman–Crippen LogP) is 5.70. The molecule has 0 bridgehead atoms. The number of carbonyl (C=O) groups is 1. The smallest absolute Gasteiger partial charge is 0.336 e. The molecular weight excluding hydrogens is 432 g/mol. The maximum Gasteiger partial charge on any atom is 0.336 e. The highest BCUT2D eigenvalue weighted by molar-refractivity contribution is 7.80. The number of nitrogens with one attached hydrogen (secondary N) is 1. The van der Waals surface area contributed by atoms with E-state index in [1.165, 1.54) is 0 Å². The zero-order valence-corrected chi connectivity index (χ0v) is 19.4. The third kappa shape index (κ3) is 4.59. The number of carboxylic acid groups (broad SMARTS) is 1. The second kappa shape index (κ2) is 9.42. The Balaban J connectivity index is 1.83. The molecule has 7 heteroatoms. The number of fused-ring (bicyclic) bond motifs is 1. The molecule has 0 aliphatic heterocycles. The largest absolute Gasteiger partial charge is 0.478 e. The summed E-state index contributed by atoms with van der Waals surface area (Å²) >= 11 is 4.96. The van der Waals surface area contributed by atoms with Gasteiger partial charge in [0.15, 0.2) is 5.11 Å². The molecule has 0 unspecified atom stereocenters. The molecule has 3 aromatic carbocycles. The Bertz CT molecular complexity index is 1360. The number of hydrogen-bond acceptors (Lipinski definition) is 3. The van der Waals surface area contributed by atoms with Crippen LogP contribution in [0.4, 0.5) is 5.69 Å². The van der Waals surface area contributed by atoms with Gasteiger partial charge in [-0.15, -0.1) is 0 Å². The Morgan fingerprint density at radius 3 is 2.61 bits per heavy atom. The number of rotatable bonds is 7. The van der Waals surface area contributed by atoms with E-state index in [0.29, 0.717) is 11.1 Å². The van der Waals surface area contributed by atoms with Crippen LogP contribution in [-0.2, 0) is 6.42 Å². The maximum atomic E-state index is 11.7. The fourth-order valence-electron chi connectivity index (χ4n) is 4.13. The number of anilines is 1. The van der Waals surface area contributed by atoms with Gasteiger partial charge in [0.25, 0.3) is 0 Å². The first-order valence-electron chi connectivity index (χ1n) is 10.9. The fraction of sp³-hybridized carbons (Fsp3) is 0.192. The number of aryl methyl sites for hydroxylation is 2. The van der Waals surface area contributed by atoms with E-state index >= 15 is 0 Å². The third-order valence-corrected chi connectivity index (χ3v) is 5.76. The van der Waals surface area contributed by atoms with Crippen LogP contribution in [0.25, 0.3) is 27.8 Å². The summed E-state index contributed by atoms with van der Waals surface area (Å²) in [7, 11) is 0. The lowest BCUT2D eigenvalue weighted by molar-refractivity contribution is 0.0697. The Kier molecular flexibility index (Phi) is 6.42. The molecule has 6 nitrogen and oxygen atoms in total. The molecule has 1 aromatic heterocycles. The molecule has 0 amide bonds. The maximum absolute atomic E-state index is 11.7. The van der Waals surface area contributed by atoms with Crippen LogP contribution in [-0.4, -0.2) is 25.7 Å². The van der Waals surface area contributed by atoms with Gasteiger partial charge in [-0.05, 0) is 78.7 Å². The standard InChI is InChI=1S/C26H26N4O2S/c1-3-4-9-24-29-22-15-17(28-26(27)33)10-13-23(22)30(24)18-11-12-19(16(2)14-18)20-7-5-6-8-21(20)25(31)32/h5-8,10-15H,3-4,9H2,1-2H3,(H,31,32)(H3,27,28,33). The van der Waals surface area contributed by atoms with E-state index in [-0.39, 0.29) is 5.11 Å². The van der Waals surface area contributed by atoms with E-state index in [0.717, 1.165) is 58.6 Å². The summed E-state index contributed by atoms with van der Waals surface area (Å²) in [6.07, 6.45) is 2.96. The molecule has 33 heavy (non-hydrogen) atoms. The number of benzene rings is 3. The van der Waals surface area contributed by atoms with Crippen LogP contribution in [0.2, 0.25) is 0 Å². The van der Waals surface area contributed by atoms with E-state index < -0.39 is 5.97 Å². The molecule has 0 aliphatic carbocycles. The van der Waals surface area contributed by atoms with E-state index in [1.807, 2.05) is 49.4 Å². The zero-order chi connectivity index (χ0) is 23.5. The van der Waals surface area contributed by atoms with Gasteiger partial charge in [0, 0.05) is 17.8 Å². The van der Waals surface area contributed by atoms with E-state index in [9.17, 15) is 9.90 Å². The Morgan fingerprint density at radius 1 is 1.12 bits per heavy atom. The van der Waals surface area contributed by atoms with Gasteiger partial charge in [0.2, 0.25) is 0 Å². The van der Waals surface area contributed by atoms with Gasteiger partial charge in [-0.25, -0.2) is 9.78 Å². The molecule has 0 aliphatic rings. The lowest BCUT2D eigenvalue weighted by Crippen LogP contribution is -2.18. The second-order valence-electron chi connectivity index (χ2n) is 8.01. The Morgan fingerprint density at radius 2 is 1.91 bits per heavy atom. The third-order valence-electron chi connectivity index (χ3n) is 5.66. The molecule has 4 N–H and O–H groups in total. The molecule has 0 saturated heterocycles. The summed E-state index contributed by atoms with van der Waals surface area (Å²) < 4.78 is 2.18. The number of thiocarbonyl (C=S) groups is 1. The molecule has 0 fully saturated rings. The van der Waals surface area contributed by atoms with Crippen molar-refractivity contribution in [1.29, 1.82) is 0 Å². The first-order valence-corrected chi connectivity index (χ1v) is 11.3. The summed E-state index contributed by atoms with van der Waals surface area (Å²) in [5, 5.41) is 12.8. The molecule has 0 radical (unpaired) electrons. The lowest BCUT2D eigenvalue weighted by atomic mass is 9.95. The van der Waals surface area contributed by atoms with Crippen molar-refractivity contribution in [2.45, 2.75) is 33.1 Å². The van der Waals surface area contributed by atoms with Gasteiger partial charge in [0.1, 0.15) is 5.82 Å². The van der Waals surface area contributed by atoms with Gasteiger partial charge >= 0.3 is 5.97 Å². The van der Waals surface area contributed by atoms with Crippen LogP contribution in [0.15, 0.2) is 60.7 Å². The quantitative estimate of drug-likeness (QED) is 0.308. The Hall–Kier alpha value is -3.71. The average molecular weight is 459 g/mol. The van der Waals surface area contributed by atoms with Crippen molar-refractivity contribution in [2.24, 2.45) is 5.73 Å². The highest BCUT2D eigenvalue weighted by atomic mass is 32.1. The number of nitrogens with two attached hydrogens (primary N) is 1. The second-order valence-corrected chi connectivity index (χ2v) is 8.45. The van der Waals surface area contributed by atoms with Crippen LogP contribution < -0.4 is 11.1 Å². The van der Waals surface area contributed by atoms with Crippen molar-refractivity contribution in [3.8, 4) is 16.8 Å². The van der Waals surface area contributed by atoms with Crippen LogP contribution in [0.1, 0.15) is 41.5 Å². The fourth-order valence-corrected chi connectivity index (χ4v) is 4.25. The average Bonchev–Trinajstić information content (AvgIpc) is 3.14. The topological polar surface area (TPSA) is 93.2 Å². The lowest BCUT2D eigenvalue weighted by Gasteiger charge is -2.14. The highest BCUT2D eigenvalue weighted by Gasteiger charge is 2.16. The van der Waals surface area contributed by atoms with Crippen molar-refractivity contribution in [2.75, 3.05) is 5.32 Å². The van der Waals surface area contributed by atoms with Gasteiger partial charge in [-0.2, -0.15) is 0 Å². The molecular formula is C26H26N4O2S. The number of imidazole rings is 1. The van der Waals surface area contributed by atoms with E-state index in [4.69, 9.17) is 22.9 Å². The number of unbranched alkanes of at least 4 members (excludes halogenated alkanes) is 1. The van der Waals surface area contributed by atoms with Crippen LogP contribution in [0, 0.1) is 6.92 Å². The van der Waals surface area contributed by atoms with Gasteiger partial charge in [-0.1, -0.05) is 37.6 Å². The molecule has 4 aromatic rings. The molecule has 168 valence electrons. The highest BCUT2D eigenvalue weighted by Crippen LogP contribution is 2.31. The van der Waals surface area contributed by atoms with Crippen molar-refractivity contribution in [3.05, 3.63) is 77.6 Å². The number of aromatic carboxylic acids is 1. The summed E-state index contributed by atoms with van der Waals surface area (Å²) in [6, 6.07) is 19.1. The molecule has 4 rings (SSSR count). The minimum Gasteiger partial charge on any atom is -0.478 e. The van der Waals surface area contributed by atoms with E-state index in [1.54, 1.807) is 12.1 Å². The number of carboxylic acids is 1. The molecule has 0 spiro atoms. The minimum atomic E-state index is -0.932. The van der Waals surface area contributed by atoms with Crippen molar-refractivity contribution in [3.63, 3.8) is 0 Å². The van der Waals surface area contributed by atoms with Crippen molar-refractivity contribution < 1.29 is 9.90 Å². The predicted molar refractivity (Wildman–Crippen MR) is 137 cm³/mol. The van der Waals surface area contributed by atoms with Crippen LogP contribution >= 0.6 is 12.2 Å². The normalized spacial score (nSPS) is 11.0. The molecule has 1 heterocycles. The monoisotopic (exact) mass is 458 g/mol. The summed E-state index contributed by atoms with van der Waals surface area (Å²) in [5.41, 5.74) is 12.2. The summed E-state index contributed by atoms with van der Waals surface area (Å²) in [5.74, 6) is 0.0512. The summed E-state index contributed by atoms with van der Waals surface area (Å²) in [4.78, 5) is 16.6. The minimum absolute atomic E-state index is 0.216. The van der Waals surface area contributed by atoms with Gasteiger partial charge in [0.05, 0.1) is 16.6 Å². The zero-order valence-electron chi connectivity index (χ0n) is 18.6.